The lowest BCUT2D eigenvalue weighted by Gasteiger charge is -2.25. The highest BCUT2D eigenvalue weighted by Gasteiger charge is 2.45. The Balaban J connectivity index is 1.70. The van der Waals surface area contributed by atoms with E-state index in [0.717, 1.165) is 17.1 Å². The van der Waals surface area contributed by atoms with Crippen LogP contribution in [-0.2, 0) is 4.79 Å². The third kappa shape index (κ3) is 2.19. The number of allylic oxidation sites excluding steroid dienone is 2. The first-order valence-corrected chi connectivity index (χ1v) is 7.72. The molecule has 1 saturated heterocycles. The highest BCUT2D eigenvalue weighted by molar-refractivity contribution is 6.02. The number of methoxy groups -OCH3 is 2. The van der Waals surface area contributed by atoms with E-state index in [9.17, 15) is 4.79 Å². The van der Waals surface area contributed by atoms with Gasteiger partial charge in [-0.2, -0.15) is 0 Å². The van der Waals surface area contributed by atoms with Crippen LogP contribution in [-0.4, -0.2) is 36.8 Å². The molecule has 4 rings (SSSR count). The lowest BCUT2D eigenvalue weighted by Crippen LogP contribution is -2.74. The molecule has 1 aromatic carbocycles. The van der Waals surface area contributed by atoms with Crippen LogP contribution in [0, 0.1) is 0 Å². The van der Waals surface area contributed by atoms with E-state index in [0.29, 0.717) is 11.5 Å². The fourth-order valence-electron chi connectivity index (χ4n) is 3.20. The topological polar surface area (TPSA) is 64.8 Å². The standard InChI is InChI=1S/C18H17N3O3/c1-23-12-7-11(8-13(9-12)24-2)17-18(22)21-15-6-4-3-5-14(15)19-10-16(21)20-17/h3-10,15,17,20H,1-2H3/p+1. The summed E-state index contributed by atoms with van der Waals surface area (Å²) >= 11 is 0. The van der Waals surface area contributed by atoms with Crippen molar-refractivity contribution in [2.24, 2.45) is 0 Å². The van der Waals surface area contributed by atoms with Crippen molar-refractivity contribution in [2.75, 3.05) is 14.2 Å². The first kappa shape index (κ1) is 14.6. The van der Waals surface area contributed by atoms with Crippen molar-refractivity contribution in [1.29, 1.82) is 0 Å². The van der Waals surface area contributed by atoms with Crippen LogP contribution >= 0.6 is 0 Å². The number of nitrogens with one attached hydrogen (secondary N) is 2. The van der Waals surface area contributed by atoms with E-state index < -0.39 is 6.04 Å². The molecule has 2 heterocycles. The highest BCUT2D eigenvalue weighted by Crippen LogP contribution is 2.33. The first-order valence-electron chi connectivity index (χ1n) is 7.72. The molecule has 0 radical (unpaired) electrons. The van der Waals surface area contributed by atoms with Gasteiger partial charge in [0, 0.05) is 12.1 Å². The second kappa shape index (κ2) is 5.56. The number of hydrogen-bond acceptors (Lipinski definition) is 4. The van der Waals surface area contributed by atoms with E-state index in [1.165, 1.54) is 0 Å². The minimum Gasteiger partial charge on any atom is -0.497 e. The molecule has 0 saturated carbocycles. The van der Waals surface area contributed by atoms with Crippen LogP contribution in [0.25, 0.3) is 0 Å². The molecule has 3 aliphatic rings. The SMILES string of the molecule is COc1cc(OC)cc(C2NC3=C[NH+]=C4C=CC=CC4N3C2=O)c1. The van der Waals surface area contributed by atoms with Gasteiger partial charge in [-0.3, -0.25) is 9.69 Å². The van der Waals surface area contributed by atoms with Crippen LogP contribution in [0.15, 0.2) is 54.5 Å². The van der Waals surface area contributed by atoms with E-state index in [2.05, 4.69) is 10.3 Å². The average Bonchev–Trinajstić information content (AvgIpc) is 2.98. The monoisotopic (exact) mass is 324 g/mol. The molecule has 2 N–H and O–H groups in total. The minimum absolute atomic E-state index is 0.000469. The number of carbonyl (C=O) groups excluding carboxylic acids is 1. The average molecular weight is 324 g/mol. The Labute approximate surface area is 139 Å². The van der Waals surface area contributed by atoms with Crippen molar-refractivity contribution in [3.8, 4) is 11.5 Å². The molecule has 2 unspecified atom stereocenters. The van der Waals surface area contributed by atoms with Gasteiger partial charge in [-0.1, -0.05) is 18.2 Å². The maximum absolute atomic E-state index is 13.0. The third-order valence-electron chi connectivity index (χ3n) is 4.40. The summed E-state index contributed by atoms with van der Waals surface area (Å²) in [6, 6.07) is 4.92. The molecule has 0 bridgehead atoms. The van der Waals surface area contributed by atoms with E-state index >= 15 is 0 Å². The molecule has 1 fully saturated rings. The van der Waals surface area contributed by atoms with Crippen molar-refractivity contribution in [3.63, 3.8) is 0 Å². The van der Waals surface area contributed by atoms with Crippen molar-refractivity contribution in [1.82, 2.24) is 10.2 Å². The van der Waals surface area contributed by atoms with Crippen molar-refractivity contribution in [3.05, 3.63) is 60.1 Å². The van der Waals surface area contributed by atoms with Gasteiger partial charge in [-0.15, -0.1) is 0 Å². The van der Waals surface area contributed by atoms with Crippen LogP contribution in [0.5, 0.6) is 11.5 Å². The molecule has 6 heteroatoms. The number of fused-ring (bicyclic) bond motifs is 3. The summed E-state index contributed by atoms with van der Waals surface area (Å²) in [5.74, 6) is 2.08. The number of amides is 1. The second-order valence-electron chi connectivity index (χ2n) is 5.75. The largest absolute Gasteiger partial charge is 0.497 e. The molecule has 24 heavy (non-hydrogen) atoms. The van der Waals surface area contributed by atoms with Gasteiger partial charge in [0.2, 0.25) is 11.9 Å². The molecule has 1 amide bonds. The zero-order valence-electron chi connectivity index (χ0n) is 13.4. The number of carbonyl (C=O) groups is 1. The van der Waals surface area contributed by atoms with Crippen LogP contribution in [0.1, 0.15) is 11.6 Å². The summed E-state index contributed by atoms with van der Waals surface area (Å²) in [6.07, 6.45) is 9.71. The van der Waals surface area contributed by atoms with Gasteiger partial charge in [-0.25, -0.2) is 4.99 Å². The Morgan fingerprint density at radius 3 is 2.58 bits per heavy atom. The Kier molecular flexibility index (Phi) is 3.37. The van der Waals surface area contributed by atoms with E-state index in [1.807, 2.05) is 42.6 Å². The quantitative estimate of drug-likeness (QED) is 0.822. The second-order valence-corrected chi connectivity index (χ2v) is 5.75. The number of hydrogen-bond donors (Lipinski definition) is 2. The van der Waals surface area contributed by atoms with Gasteiger partial charge in [0.05, 0.1) is 14.2 Å². The summed E-state index contributed by atoms with van der Waals surface area (Å²) in [5, 5.41) is 3.29. The Morgan fingerprint density at radius 2 is 1.88 bits per heavy atom. The summed E-state index contributed by atoms with van der Waals surface area (Å²) in [4.78, 5) is 18.1. The number of rotatable bonds is 3. The van der Waals surface area contributed by atoms with Gasteiger partial charge >= 0.3 is 0 Å². The molecule has 2 aliphatic heterocycles. The first-order chi connectivity index (χ1) is 11.7. The van der Waals surface area contributed by atoms with Gasteiger partial charge < -0.3 is 14.8 Å². The summed E-state index contributed by atoms with van der Waals surface area (Å²) in [6.45, 7) is 0. The molecule has 2 atom stereocenters. The van der Waals surface area contributed by atoms with Crippen LogP contribution in [0.2, 0.25) is 0 Å². The predicted octanol–water partition coefficient (Wildman–Crippen LogP) is 0.00540. The fraction of sp³-hybridized carbons (Fsp3) is 0.222. The lowest BCUT2D eigenvalue weighted by molar-refractivity contribution is -0.380. The smallest absolute Gasteiger partial charge is 0.256 e. The number of benzene rings is 1. The van der Waals surface area contributed by atoms with E-state index in [-0.39, 0.29) is 11.9 Å². The molecular weight excluding hydrogens is 306 g/mol. The maximum atomic E-state index is 13.0. The number of nitrogens with zero attached hydrogens (tertiary/aromatic N) is 1. The summed E-state index contributed by atoms with van der Waals surface area (Å²) in [5.41, 5.74) is 1.80. The molecule has 1 aromatic rings. The zero-order valence-corrected chi connectivity index (χ0v) is 13.4. The molecule has 0 aromatic heterocycles. The normalized spacial score (nSPS) is 23.9. The Morgan fingerprint density at radius 1 is 1.12 bits per heavy atom. The van der Waals surface area contributed by atoms with Gasteiger partial charge in [-0.05, 0) is 17.7 Å². The summed E-state index contributed by atoms with van der Waals surface area (Å²) < 4.78 is 10.6. The highest BCUT2D eigenvalue weighted by atomic mass is 16.5. The molecule has 6 nitrogen and oxygen atoms in total. The Bertz CT molecular complexity index is 801. The Hall–Kier alpha value is -3.02. The van der Waals surface area contributed by atoms with Crippen molar-refractivity contribution in [2.45, 2.75) is 12.1 Å². The van der Waals surface area contributed by atoms with Gasteiger partial charge in [0.15, 0.2) is 5.82 Å². The molecular formula is C18H18N3O3+. The predicted molar refractivity (Wildman–Crippen MR) is 88.4 cm³/mol. The van der Waals surface area contributed by atoms with Crippen molar-refractivity contribution >= 4 is 11.6 Å². The summed E-state index contributed by atoms with van der Waals surface area (Å²) in [7, 11) is 3.19. The molecule has 1 aliphatic carbocycles. The van der Waals surface area contributed by atoms with E-state index in [4.69, 9.17) is 9.47 Å². The maximum Gasteiger partial charge on any atom is 0.256 e. The van der Waals surface area contributed by atoms with Crippen LogP contribution in [0.3, 0.4) is 0 Å². The minimum atomic E-state index is -0.472. The molecule has 122 valence electrons. The number of ether oxygens (including phenoxy) is 2. The van der Waals surface area contributed by atoms with Crippen LogP contribution in [0.4, 0.5) is 0 Å². The van der Waals surface area contributed by atoms with Crippen LogP contribution < -0.4 is 19.8 Å². The fourth-order valence-corrected chi connectivity index (χ4v) is 3.20. The van der Waals surface area contributed by atoms with E-state index in [1.54, 1.807) is 25.2 Å². The zero-order chi connectivity index (χ0) is 16.7. The third-order valence-corrected chi connectivity index (χ3v) is 4.40. The van der Waals surface area contributed by atoms with Gasteiger partial charge in [0.25, 0.3) is 5.91 Å². The molecule has 0 spiro atoms. The van der Waals surface area contributed by atoms with Gasteiger partial charge in [0.1, 0.15) is 23.6 Å². The lowest BCUT2D eigenvalue weighted by atomic mass is 10.0. The van der Waals surface area contributed by atoms with Crippen molar-refractivity contribution < 1.29 is 19.3 Å².